The molecule has 1 heterocycles. The van der Waals surface area contributed by atoms with E-state index in [2.05, 4.69) is 5.11 Å². The van der Waals surface area contributed by atoms with Gasteiger partial charge >= 0.3 is 5.97 Å². The molecule has 0 radical (unpaired) electrons. The fourth-order valence-electron chi connectivity index (χ4n) is 2.12. The number of unbranched alkanes of at least 4 members (excludes halogenated alkanes) is 1. The van der Waals surface area contributed by atoms with Gasteiger partial charge in [-0.1, -0.05) is 6.42 Å². The van der Waals surface area contributed by atoms with Gasteiger partial charge in [-0.15, -0.1) is 0 Å². The molecule has 0 aromatic carbocycles. The van der Waals surface area contributed by atoms with Crippen molar-refractivity contribution in [3.05, 3.63) is 0 Å². The molecule has 1 rings (SSSR count). The molecule has 1 aliphatic rings. The van der Waals surface area contributed by atoms with Gasteiger partial charge in [-0.3, -0.25) is 4.79 Å². The van der Waals surface area contributed by atoms with E-state index in [4.69, 9.17) is 12.9 Å². The summed E-state index contributed by atoms with van der Waals surface area (Å²) in [5.74, 6) is -0.921. The van der Waals surface area contributed by atoms with Crippen LogP contribution >= 0.6 is 0 Å². The molecule has 1 aliphatic heterocycles. The maximum Gasteiger partial charge on any atom is 0.326 e. The van der Waals surface area contributed by atoms with Crippen LogP contribution in [0.15, 0.2) is 0 Å². The first-order chi connectivity index (χ1) is 8.61. The minimum atomic E-state index is -0.685. The maximum absolute atomic E-state index is 12.1. The van der Waals surface area contributed by atoms with Gasteiger partial charge in [0.25, 0.3) is 1.43 Å². The second kappa shape index (κ2) is 6.56. The summed E-state index contributed by atoms with van der Waals surface area (Å²) in [6, 6.07) is -1.24. The molecule has 0 spiro atoms. The highest BCUT2D eigenvalue weighted by atomic mass is 16.4. The van der Waals surface area contributed by atoms with Crippen LogP contribution in [-0.4, -0.2) is 47.1 Å². The van der Waals surface area contributed by atoms with Crippen molar-refractivity contribution >= 4 is 11.9 Å². The summed E-state index contributed by atoms with van der Waals surface area (Å²) in [6.45, 7) is 1.08. The summed E-state index contributed by atoms with van der Waals surface area (Å²) in [5.41, 5.74) is 11.2. The Bertz CT molecular complexity index is 301. The fourth-order valence-corrected chi connectivity index (χ4v) is 2.12. The van der Waals surface area contributed by atoms with Crippen molar-refractivity contribution in [2.75, 3.05) is 13.1 Å². The lowest BCUT2D eigenvalue weighted by Gasteiger charge is -2.24. The van der Waals surface area contributed by atoms with E-state index in [0.717, 1.165) is 19.3 Å². The summed E-state index contributed by atoms with van der Waals surface area (Å²) in [5, 5.41) is 3.95. The van der Waals surface area contributed by atoms with Crippen LogP contribution in [0.2, 0.25) is 0 Å². The molecule has 5 N–H and O–H groups in total. The molecule has 6 nitrogen and oxygen atoms in total. The maximum atomic E-state index is 12.1. The van der Waals surface area contributed by atoms with Gasteiger partial charge in [0, 0.05) is 6.54 Å². The number of hydrogen-bond donors (Lipinski definition) is 3. The number of aliphatic carboxylic acids is 1. The van der Waals surface area contributed by atoms with E-state index in [9.17, 15) is 9.59 Å². The monoisotopic (exact) mass is 244 g/mol. The number of carboxylic acids is 1. The Hall–Kier alpha value is -1.14. The molecule has 1 fully saturated rings. The number of nitrogens with zero attached hydrogens (tertiary/aromatic N) is 1. The van der Waals surface area contributed by atoms with E-state index in [1.54, 1.807) is 0 Å². The van der Waals surface area contributed by atoms with Crippen LogP contribution in [0.4, 0.5) is 0 Å². The first kappa shape index (κ1) is 12.3. The molecule has 1 saturated heterocycles. The topological polar surface area (TPSA) is 110 Å². The highest BCUT2D eigenvalue weighted by Gasteiger charge is 2.35. The standard InChI is InChI=1S/C11H21N3O3/c12-6-2-1-4-8(13)10(15)14-7-3-5-9(14)11(16)17/h8-9H,1-7,12-13H2,(H,16,17)/t8-,9+/m0/s1/i/hD. The Morgan fingerprint density at radius 2 is 2.29 bits per heavy atom. The molecule has 1 amide bonds. The number of carbonyl (C=O) groups is 2. The zero-order chi connectivity index (χ0) is 13.5. The zero-order valence-electron chi connectivity index (χ0n) is 10.9. The van der Waals surface area contributed by atoms with Gasteiger partial charge in [0.2, 0.25) is 5.91 Å². The Balaban J connectivity index is 2.51. The normalized spacial score (nSPS) is 22.1. The van der Waals surface area contributed by atoms with Crippen LogP contribution in [-0.2, 0) is 9.59 Å². The van der Waals surface area contributed by atoms with E-state index in [1.807, 2.05) is 0 Å². The van der Waals surface area contributed by atoms with Crippen LogP contribution in [0.25, 0.3) is 1.43 Å². The van der Waals surface area contributed by atoms with Gasteiger partial charge < -0.3 is 21.5 Å². The molecule has 98 valence electrons. The quantitative estimate of drug-likeness (QED) is 0.547. The van der Waals surface area contributed by atoms with Crippen molar-refractivity contribution in [2.45, 2.75) is 44.2 Å². The van der Waals surface area contributed by atoms with E-state index < -0.39 is 18.1 Å². The Morgan fingerprint density at radius 1 is 1.53 bits per heavy atom. The lowest BCUT2D eigenvalue weighted by molar-refractivity contribution is -0.148. The lowest BCUT2D eigenvalue weighted by atomic mass is 10.1. The molecule has 0 aromatic heterocycles. The van der Waals surface area contributed by atoms with Gasteiger partial charge in [0.05, 0.1) is 6.04 Å². The minimum absolute atomic E-state index is 0.236. The van der Waals surface area contributed by atoms with Crippen LogP contribution in [0, 0.1) is 0 Å². The van der Waals surface area contributed by atoms with Gasteiger partial charge in [-0.25, -0.2) is 4.79 Å². The Morgan fingerprint density at radius 3 is 2.94 bits per heavy atom. The number of likely N-dealkylation sites (tertiary alicyclic amines) is 1. The van der Waals surface area contributed by atoms with Crippen molar-refractivity contribution in [1.82, 2.24) is 4.90 Å². The van der Waals surface area contributed by atoms with Crippen LogP contribution < -0.4 is 11.5 Å². The average molecular weight is 244 g/mol. The Labute approximate surface area is 102 Å². The van der Waals surface area contributed by atoms with Crippen molar-refractivity contribution < 1.29 is 14.7 Å². The lowest BCUT2D eigenvalue weighted by Crippen LogP contribution is -2.48. The third-order valence-electron chi connectivity index (χ3n) is 3.09. The second-order valence-electron chi connectivity index (χ2n) is 4.40. The first-order valence-corrected chi connectivity index (χ1v) is 6.05. The predicted molar refractivity (Wildman–Crippen MR) is 63.3 cm³/mol. The molecule has 0 bridgehead atoms. The summed E-state index contributed by atoms with van der Waals surface area (Å²) >= 11 is 0. The summed E-state index contributed by atoms with van der Waals surface area (Å²) < 4.78 is 6.61. The number of nitrogens with two attached hydrogens (primary N) is 2. The molecule has 0 saturated carbocycles. The van der Waals surface area contributed by atoms with Crippen molar-refractivity contribution in [3.63, 3.8) is 0 Å². The van der Waals surface area contributed by atoms with Crippen molar-refractivity contribution in [1.29, 1.82) is 1.43 Å². The number of carbonyl (C=O) groups excluding carboxylic acids is 1. The number of hydrogen-bond acceptors (Lipinski definition) is 5. The largest absolute Gasteiger partial charge is 0.480 e. The molecular formula is C11H21N3O3. The predicted octanol–water partition coefficient (Wildman–Crippen LogP) is -0.482. The molecular weight excluding hydrogens is 222 g/mol. The highest BCUT2D eigenvalue weighted by molar-refractivity contribution is 5.87. The molecule has 2 atom stereocenters. The van der Waals surface area contributed by atoms with Gasteiger partial charge in [0.1, 0.15) is 6.04 Å². The van der Waals surface area contributed by atoms with E-state index in [-0.39, 0.29) is 5.91 Å². The van der Waals surface area contributed by atoms with Crippen molar-refractivity contribution in [3.8, 4) is 0 Å². The average Bonchev–Trinajstić information content (AvgIpc) is 2.86. The second-order valence-corrected chi connectivity index (χ2v) is 4.40. The van der Waals surface area contributed by atoms with Crippen LogP contribution in [0.3, 0.4) is 0 Å². The van der Waals surface area contributed by atoms with Crippen molar-refractivity contribution in [2.24, 2.45) is 11.5 Å². The SMILES string of the molecule is [2H]OC(=O)[C@H]1CCCN1C(=O)[C@@H](N)CCCCN. The molecule has 0 unspecified atom stereocenters. The fraction of sp³-hybridized carbons (Fsp3) is 0.818. The highest BCUT2D eigenvalue weighted by Crippen LogP contribution is 2.19. The Kier molecular flexibility index (Phi) is 4.75. The van der Waals surface area contributed by atoms with Crippen LogP contribution in [0.5, 0.6) is 0 Å². The molecule has 0 aromatic rings. The van der Waals surface area contributed by atoms with E-state index in [1.165, 1.54) is 4.90 Å². The molecule has 6 heteroatoms. The molecule has 17 heavy (non-hydrogen) atoms. The zero-order valence-corrected chi connectivity index (χ0v) is 9.93. The van der Waals surface area contributed by atoms with Gasteiger partial charge in [-0.05, 0) is 32.2 Å². The summed E-state index contributed by atoms with van der Waals surface area (Å²) in [6.07, 6.45) is 3.47. The summed E-state index contributed by atoms with van der Waals surface area (Å²) in [4.78, 5) is 24.9. The minimum Gasteiger partial charge on any atom is -0.480 e. The van der Waals surface area contributed by atoms with Gasteiger partial charge in [-0.2, -0.15) is 0 Å². The first-order valence-electron chi connectivity index (χ1n) is 6.45. The van der Waals surface area contributed by atoms with Crippen LogP contribution in [0.1, 0.15) is 32.1 Å². The number of carboxylic acid groups (broad SMARTS) is 1. The third-order valence-corrected chi connectivity index (χ3v) is 3.09. The van der Waals surface area contributed by atoms with E-state index >= 15 is 0 Å². The van der Waals surface area contributed by atoms with E-state index in [0.29, 0.717) is 25.9 Å². The number of amides is 1. The summed E-state index contributed by atoms with van der Waals surface area (Å²) in [7, 11) is 0. The smallest absolute Gasteiger partial charge is 0.326 e. The molecule has 0 aliphatic carbocycles. The van der Waals surface area contributed by atoms with Gasteiger partial charge in [0.15, 0.2) is 0 Å². The third kappa shape index (κ3) is 3.67. The number of rotatable bonds is 6.